The summed E-state index contributed by atoms with van der Waals surface area (Å²) in [4.78, 5) is 7.61. The molecule has 16 heavy (non-hydrogen) atoms. The standard InChI is InChI=1S/C11H18N2O2S/c1-11(2,14)9-7-12-10(16-9)8-13-3-5-15-6-4-13/h7,14H,3-6,8H2,1-2H3. The van der Waals surface area contributed by atoms with Gasteiger partial charge in [0.2, 0.25) is 0 Å². The molecule has 90 valence electrons. The van der Waals surface area contributed by atoms with Crippen molar-refractivity contribution >= 4 is 11.3 Å². The minimum absolute atomic E-state index is 0.777. The normalized spacial score (nSPS) is 18.9. The Morgan fingerprint density at radius 1 is 1.50 bits per heavy atom. The lowest BCUT2D eigenvalue weighted by Crippen LogP contribution is -2.35. The molecule has 0 aliphatic carbocycles. The number of rotatable bonds is 3. The zero-order valence-corrected chi connectivity index (χ0v) is 10.6. The molecule has 1 aliphatic rings. The van der Waals surface area contributed by atoms with E-state index in [1.165, 1.54) is 0 Å². The van der Waals surface area contributed by atoms with E-state index in [0.717, 1.165) is 42.7 Å². The van der Waals surface area contributed by atoms with Crippen LogP contribution in [0.15, 0.2) is 6.20 Å². The Morgan fingerprint density at radius 3 is 2.75 bits per heavy atom. The van der Waals surface area contributed by atoms with Crippen LogP contribution in [0.2, 0.25) is 0 Å². The first-order valence-electron chi connectivity index (χ1n) is 5.53. The molecule has 1 aromatic rings. The number of aliphatic hydroxyl groups is 1. The highest BCUT2D eigenvalue weighted by molar-refractivity contribution is 7.11. The third kappa shape index (κ3) is 3.01. The van der Waals surface area contributed by atoms with E-state index in [4.69, 9.17) is 4.74 Å². The highest BCUT2D eigenvalue weighted by atomic mass is 32.1. The van der Waals surface area contributed by atoms with E-state index >= 15 is 0 Å². The van der Waals surface area contributed by atoms with Crippen LogP contribution in [-0.2, 0) is 16.9 Å². The third-order valence-electron chi connectivity index (χ3n) is 2.62. The van der Waals surface area contributed by atoms with Gasteiger partial charge in [-0.2, -0.15) is 0 Å². The Kier molecular flexibility index (Phi) is 3.59. The van der Waals surface area contributed by atoms with Gasteiger partial charge in [-0.25, -0.2) is 4.98 Å². The Labute approximate surface area is 99.9 Å². The second-order valence-electron chi connectivity index (χ2n) is 4.57. The maximum absolute atomic E-state index is 9.84. The predicted molar refractivity (Wildman–Crippen MR) is 63.5 cm³/mol. The van der Waals surface area contributed by atoms with Crippen LogP contribution in [0.5, 0.6) is 0 Å². The lowest BCUT2D eigenvalue weighted by atomic mass is 10.1. The average molecular weight is 242 g/mol. The van der Waals surface area contributed by atoms with Crippen molar-refractivity contribution in [3.05, 3.63) is 16.1 Å². The van der Waals surface area contributed by atoms with E-state index in [1.54, 1.807) is 31.4 Å². The number of thiazole rings is 1. The van der Waals surface area contributed by atoms with Gasteiger partial charge in [0.25, 0.3) is 0 Å². The summed E-state index contributed by atoms with van der Waals surface area (Å²) < 4.78 is 5.30. The molecule has 1 aromatic heterocycles. The van der Waals surface area contributed by atoms with Crippen molar-refractivity contribution in [1.82, 2.24) is 9.88 Å². The lowest BCUT2D eigenvalue weighted by Gasteiger charge is -2.25. The van der Waals surface area contributed by atoms with Crippen LogP contribution >= 0.6 is 11.3 Å². The van der Waals surface area contributed by atoms with Crippen molar-refractivity contribution in [2.45, 2.75) is 26.0 Å². The van der Waals surface area contributed by atoms with Crippen molar-refractivity contribution in [3.8, 4) is 0 Å². The number of hydrogen-bond donors (Lipinski definition) is 1. The zero-order valence-electron chi connectivity index (χ0n) is 9.77. The van der Waals surface area contributed by atoms with Crippen LogP contribution in [-0.4, -0.2) is 41.3 Å². The van der Waals surface area contributed by atoms with Gasteiger partial charge in [0.05, 0.1) is 30.2 Å². The van der Waals surface area contributed by atoms with E-state index in [2.05, 4.69) is 9.88 Å². The van der Waals surface area contributed by atoms with Crippen molar-refractivity contribution < 1.29 is 9.84 Å². The first kappa shape index (κ1) is 12.0. The van der Waals surface area contributed by atoms with Crippen LogP contribution in [0, 0.1) is 0 Å². The molecule has 1 fully saturated rings. The summed E-state index contributed by atoms with van der Waals surface area (Å²) in [5.41, 5.74) is -0.777. The molecule has 2 rings (SSSR count). The fourth-order valence-corrected chi connectivity index (χ4v) is 2.58. The molecule has 0 aromatic carbocycles. The minimum atomic E-state index is -0.777. The minimum Gasteiger partial charge on any atom is -0.385 e. The molecule has 0 amide bonds. The Hall–Kier alpha value is -0.490. The predicted octanol–water partition coefficient (Wildman–Crippen LogP) is 1.20. The summed E-state index contributed by atoms with van der Waals surface area (Å²) >= 11 is 1.59. The molecule has 4 nitrogen and oxygen atoms in total. The average Bonchev–Trinajstić information content (AvgIpc) is 2.67. The van der Waals surface area contributed by atoms with Crippen molar-refractivity contribution in [1.29, 1.82) is 0 Å². The van der Waals surface area contributed by atoms with E-state index in [9.17, 15) is 5.11 Å². The van der Waals surface area contributed by atoms with Gasteiger partial charge in [0.15, 0.2) is 0 Å². The van der Waals surface area contributed by atoms with Crippen molar-refractivity contribution in [2.75, 3.05) is 26.3 Å². The molecule has 0 atom stereocenters. The van der Waals surface area contributed by atoms with Gasteiger partial charge in [-0.15, -0.1) is 11.3 Å². The van der Waals surface area contributed by atoms with Crippen LogP contribution < -0.4 is 0 Å². The molecule has 1 N–H and O–H groups in total. The summed E-state index contributed by atoms with van der Waals surface area (Å²) in [5, 5.41) is 10.9. The second kappa shape index (κ2) is 4.79. The third-order valence-corrected chi connectivity index (χ3v) is 3.91. The maximum atomic E-state index is 9.84. The molecule has 0 bridgehead atoms. The second-order valence-corrected chi connectivity index (χ2v) is 5.68. The van der Waals surface area contributed by atoms with Crippen LogP contribution in [0.4, 0.5) is 0 Å². The fraction of sp³-hybridized carbons (Fsp3) is 0.727. The molecule has 2 heterocycles. The van der Waals surface area contributed by atoms with Gasteiger partial charge in [-0.3, -0.25) is 4.90 Å². The first-order chi connectivity index (χ1) is 7.55. The Bertz CT molecular complexity index is 340. The SMILES string of the molecule is CC(C)(O)c1cnc(CN2CCOCC2)s1. The Balaban J connectivity index is 1.97. The van der Waals surface area contributed by atoms with Crippen molar-refractivity contribution in [3.63, 3.8) is 0 Å². The number of aromatic nitrogens is 1. The summed E-state index contributed by atoms with van der Waals surface area (Å²) in [6, 6.07) is 0. The number of morpholine rings is 1. The molecular weight excluding hydrogens is 224 g/mol. The molecule has 0 unspecified atom stereocenters. The number of hydrogen-bond acceptors (Lipinski definition) is 5. The monoisotopic (exact) mass is 242 g/mol. The van der Waals surface area contributed by atoms with Crippen molar-refractivity contribution in [2.24, 2.45) is 0 Å². The summed E-state index contributed by atoms with van der Waals surface area (Å²) in [6.45, 7) is 8.00. The maximum Gasteiger partial charge on any atom is 0.107 e. The first-order valence-corrected chi connectivity index (χ1v) is 6.35. The van der Waals surface area contributed by atoms with E-state index in [1.807, 2.05) is 0 Å². The van der Waals surface area contributed by atoms with Gasteiger partial charge < -0.3 is 9.84 Å². The quantitative estimate of drug-likeness (QED) is 0.865. The van der Waals surface area contributed by atoms with Gasteiger partial charge in [-0.05, 0) is 13.8 Å². The molecule has 0 radical (unpaired) electrons. The Morgan fingerprint density at radius 2 is 2.19 bits per heavy atom. The lowest BCUT2D eigenvalue weighted by molar-refractivity contribution is 0.0341. The summed E-state index contributed by atoms with van der Waals surface area (Å²) in [7, 11) is 0. The highest BCUT2D eigenvalue weighted by Crippen LogP contribution is 2.26. The number of ether oxygens (including phenoxy) is 1. The number of nitrogens with zero attached hydrogens (tertiary/aromatic N) is 2. The van der Waals surface area contributed by atoms with Crippen LogP contribution in [0.25, 0.3) is 0 Å². The van der Waals surface area contributed by atoms with Gasteiger partial charge in [-0.1, -0.05) is 0 Å². The van der Waals surface area contributed by atoms with E-state index in [-0.39, 0.29) is 0 Å². The molecule has 0 spiro atoms. The van der Waals surface area contributed by atoms with Gasteiger partial charge >= 0.3 is 0 Å². The molecular formula is C11H18N2O2S. The topological polar surface area (TPSA) is 45.6 Å². The van der Waals surface area contributed by atoms with Crippen LogP contribution in [0.1, 0.15) is 23.7 Å². The zero-order chi connectivity index (χ0) is 11.6. The molecule has 1 aliphatic heterocycles. The summed E-state index contributed by atoms with van der Waals surface area (Å²) in [5.74, 6) is 0. The van der Waals surface area contributed by atoms with Gasteiger partial charge in [0, 0.05) is 19.3 Å². The molecule has 0 saturated carbocycles. The fourth-order valence-electron chi connectivity index (χ4n) is 1.62. The molecule has 1 saturated heterocycles. The summed E-state index contributed by atoms with van der Waals surface area (Å²) in [6.07, 6.45) is 1.78. The van der Waals surface area contributed by atoms with E-state index in [0.29, 0.717) is 0 Å². The van der Waals surface area contributed by atoms with E-state index < -0.39 is 5.60 Å². The smallest absolute Gasteiger partial charge is 0.107 e. The largest absolute Gasteiger partial charge is 0.385 e. The van der Waals surface area contributed by atoms with Gasteiger partial charge in [0.1, 0.15) is 5.01 Å². The highest BCUT2D eigenvalue weighted by Gasteiger charge is 2.20. The van der Waals surface area contributed by atoms with Crippen LogP contribution in [0.3, 0.4) is 0 Å². The molecule has 5 heteroatoms.